The van der Waals surface area contributed by atoms with Crippen LogP contribution in [-0.4, -0.2) is 22.6 Å². The summed E-state index contributed by atoms with van der Waals surface area (Å²) in [6.07, 6.45) is 0. The zero-order valence-electron chi connectivity index (χ0n) is 13.3. The maximum absolute atomic E-state index is 12.7. The summed E-state index contributed by atoms with van der Waals surface area (Å²) in [5.41, 5.74) is 2.05. The number of nitrogens with one attached hydrogen (secondary N) is 1. The Morgan fingerprint density at radius 2 is 1.74 bits per heavy atom. The third kappa shape index (κ3) is 3.71. The summed E-state index contributed by atoms with van der Waals surface area (Å²) in [5, 5.41) is 0.346. The number of sulfonamides is 1. The average Bonchev–Trinajstić information content (AvgIpc) is 2.50. The minimum Gasteiger partial charge on any atom is -0.497 e. The van der Waals surface area contributed by atoms with Crippen LogP contribution in [0.2, 0.25) is 5.02 Å². The molecule has 124 valence electrons. The van der Waals surface area contributed by atoms with Crippen LogP contribution in [-0.2, 0) is 10.0 Å². The minimum atomic E-state index is -3.85. The smallest absolute Gasteiger partial charge is 0.265 e. The largest absolute Gasteiger partial charge is 0.497 e. The van der Waals surface area contributed by atoms with Crippen molar-refractivity contribution in [1.82, 2.24) is 0 Å². The molecule has 0 aliphatic heterocycles. The van der Waals surface area contributed by atoms with Crippen molar-refractivity contribution < 1.29 is 17.9 Å². The van der Waals surface area contributed by atoms with Gasteiger partial charge in [-0.15, -0.1) is 0 Å². The first kappa shape index (κ1) is 17.4. The number of halogens is 1. The van der Waals surface area contributed by atoms with E-state index in [1.165, 1.54) is 26.4 Å². The van der Waals surface area contributed by atoms with Crippen LogP contribution in [0.4, 0.5) is 5.69 Å². The van der Waals surface area contributed by atoms with Gasteiger partial charge in [-0.25, -0.2) is 8.42 Å². The third-order valence-corrected chi connectivity index (χ3v) is 5.02. The summed E-state index contributed by atoms with van der Waals surface area (Å²) in [6, 6.07) is 8.06. The van der Waals surface area contributed by atoms with Gasteiger partial charge >= 0.3 is 0 Å². The molecule has 0 saturated carbocycles. The van der Waals surface area contributed by atoms with E-state index in [9.17, 15) is 8.42 Å². The Kier molecular flexibility index (Phi) is 5.06. The van der Waals surface area contributed by atoms with Gasteiger partial charge in [0.05, 0.1) is 24.9 Å². The molecule has 23 heavy (non-hydrogen) atoms. The van der Waals surface area contributed by atoms with Crippen molar-refractivity contribution in [1.29, 1.82) is 0 Å². The fourth-order valence-corrected chi connectivity index (χ4v) is 3.96. The fraction of sp³-hybridized carbons (Fsp3) is 0.250. The highest BCUT2D eigenvalue weighted by molar-refractivity contribution is 7.92. The van der Waals surface area contributed by atoms with Gasteiger partial charge in [0.2, 0.25) is 0 Å². The van der Waals surface area contributed by atoms with Crippen LogP contribution < -0.4 is 14.2 Å². The molecule has 0 aromatic heterocycles. The second-order valence-electron chi connectivity index (χ2n) is 5.06. The number of anilines is 1. The molecular formula is C16H18ClNO4S. The van der Waals surface area contributed by atoms with Gasteiger partial charge in [-0.3, -0.25) is 4.72 Å². The predicted molar refractivity (Wildman–Crippen MR) is 91.3 cm³/mol. The van der Waals surface area contributed by atoms with Crippen molar-refractivity contribution in [2.24, 2.45) is 0 Å². The first-order valence-corrected chi connectivity index (χ1v) is 8.66. The van der Waals surface area contributed by atoms with Crippen LogP contribution in [0, 0.1) is 13.8 Å². The summed E-state index contributed by atoms with van der Waals surface area (Å²) in [5.74, 6) is 0.697. The maximum atomic E-state index is 12.7. The molecule has 0 spiro atoms. The monoisotopic (exact) mass is 355 g/mol. The Morgan fingerprint density at radius 1 is 1.04 bits per heavy atom. The summed E-state index contributed by atoms with van der Waals surface area (Å²) in [4.78, 5) is 0.0110. The second-order valence-corrected chi connectivity index (χ2v) is 7.12. The van der Waals surface area contributed by atoms with E-state index in [0.717, 1.165) is 11.1 Å². The Hall–Kier alpha value is -1.92. The van der Waals surface area contributed by atoms with Crippen molar-refractivity contribution in [3.8, 4) is 11.5 Å². The molecule has 0 heterocycles. The Balaban J connectivity index is 2.48. The molecule has 2 aromatic carbocycles. The molecule has 0 aliphatic carbocycles. The second kappa shape index (κ2) is 6.68. The molecule has 0 unspecified atom stereocenters. The Bertz CT molecular complexity index is 811. The van der Waals surface area contributed by atoms with E-state index >= 15 is 0 Å². The predicted octanol–water partition coefficient (Wildman–Crippen LogP) is 3.77. The van der Waals surface area contributed by atoms with Gasteiger partial charge in [-0.2, -0.15) is 0 Å². The molecule has 0 radical (unpaired) electrons. The molecule has 1 N–H and O–H groups in total. The molecular weight excluding hydrogens is 338 g/mol. The van der Waals surface area contributed by atoms with Gasteiger partial charge in [0.25, 0.3) is 10.0 Å². The summed E-state index contributed by atoms with van der Waals surface area (Å²) in [7, 11) is -0.957. The van der Waals surface area contributed by atoms with E-state index in [2.05, 4.69) is 4.72 Å². The molecule has 0 fully saturated rings. The van der Waals surface area contributed by atoms with Crippen LogP contribution in [0.5, 0.6) is 11.5 Å². The lowest BCUT2D eigenvalue weighted by Crippen LogP contribution is -2.15. The molecule has 2 aromatic rings. The zero-order valence-corrected chi connectivity index (χ0v) is 14.9. The number of rotatable bonds is 5. The molecule has 0 amide bonds. The SMILES string of the molecule is COc1ccc(S(=O)(=O)Nc2c(C)cc(C)cc2Cl)c(OC)c1. The molecule has 7 heteroatoms. The van der Waals surface area contributed by atoms with E-state index < -0.39 is 10.0 Å². The van der Waals surface area contributed by atoms with E-state index in [1.807, 2.05) is 13.0 Å². The van der Waals surface area contributed by atoms with Gasteiger partial charge in [0.15, 0.2) is 0 Å². The highest BCUT2D eigenvalue weighted by Gasteiger charge is 2.22. The lowest BCUT2D eigenvalue weighted by atomic mass is 10.1. The van der Waals surface area contributed by atoms with Crippen LogP contribution in [0.1, 0.15) is 11.1 Å². The summed E-state index contributed by atoms with van der Waals surface area (Å²) >= 11 is 6.17. The molecule has 0 saturated heterocycles. The quantitative estimate of drug-likeness (QED) is 0.886. The van der Waals surface area contributed by atoms with E-state index in [4.69, 9.17) is 21.1 Å². The van der Waals surface area contributed by atoms with E-state index in [0.29, 0.717) is 16.5 Å². The lowest BCUT2D eigenvalue weighted by molar-refractivity contribution is 0.386. The number of methoxy groups -OCH3 is 2. The van der Waals surface area contributed by atoms with Crippen LogP contribution >= 0.6 is 11.6 Å². The number of hydrogen-bond acceptors (Lipinski definition) is 4. The van der Waals surface area contributed by atoms with Crippen LogP contribution in [0.25, 0.3) is 0 Å². The van der Waals surface area contributed by atoms with Crippen molar-refractivity contribution >= 4 is 27.3 Å². The van der Waals surface area contributed by atoms with Crippen molar-refractivity contribution in [2.75, 3.05) is 18.9 Å². The number of aryl methyl sites for hydroxylation is 2. The molecule has 2 rings (SSSR count). The van der Waals surface area contributed by atoms with Crippen molar-refractivity contribution in [2.45, 2.75) is 18.7 Å². The van der Waals surface area contributed by atoms with Crippen LogP contribution in [0.3, 0.4) is 0 Å². The molecule has 0 aliphatic rings. The standard InChI is InChI=1S/C16H18ClNO4S/c1-10-7-11(2)16(13(17)8-10)18-23(19,20)15-6-5-12(21-3)9-14(15)22-4/h5-9,18H,1-4H3. The van der Waals surface area contributed by atoms with E-state index in [-0.39, 0.29) is 10.6 Å². The van der Waals surface area contributed by atoms with Gasteiger partial charge in [0, 0.05) is 6.07 Å². The maximum Gasteiger partial charge on any atom is 0.265 e. The minimum absolute atomic E-state index is 0.0110. The average molecular weight is 356 g/mol. The highest BCUT2D eigenvalue weighted by atomic mass is 35.5. The van der Waals surface area contributed by atoms with Gasteiger partial charge < -0.3 is 9.47 Å². The summed E-state index contributed by atoms with van der Waals surface area (Å²) < 4.78 is 38.1. The topological polar surface area (TPSA) is 64.6 Å². The molecule has 0 atom stereocenters. The first-order chi connectivity index (χ1) is 10.8. The van der Waals surface area contributed by atoms with Crippen molar-refractivity contribution in [3.05, 3.63) is 46.5 Å². The van der Waals surface area contributed by atoms with Gasteiger partial charge in [0.1, 0.15) is 16.4 Å². The normalized spacial score (nSPS) is 11.2. The van der Waals surface area contributed by atoms with E-state index in [1.54, 1.807) is 19.1 Å². The Labute approximate surface area is 141 Å². The Morgan fingerprint density at radius 3 is 2.30 bits per heavy atom. The molecule has 5 nitrogen and oxygen atoms in total. The highest BCUT2D eigenvalue weighted by Crippen LogP contribution is 2.33. The van der Waals surface area contributed by atoms with Gasteiger partial charge in [-0.05, 0) is 43.2 Å². The fourth-order valence-electron chi connectivity index (χ4n) is 2.23. The molecule has 0 bridgehead atoms. The number of hydrogen-bond donors (Lipinski definition) is 1. The van der Waals surface area contributed by atoms with Gasteiger partial charge in [-0.1, -0.05) is 17.7 Å². The third-order valence-electron chi connectivity index (χ3n) is 3.33. The zero-order chi connectivity index (χ0) is 17.2. The summed E-state index contributed by atoms with van der Waals surface area (Å²) in [6.45, 7) is 3.69. The number of benzene rings is 2. The first-order valence-electron chi connectivity index (χ1n) is 6.80. The lowest BCUT2D eigenvalue weighted by Gasteiger charge is -2.15. The van der Waals surface area contributed by atoms with Crippen molar-refractivity contribution in [3.63, 3.8) is 0 Å². The number of ether oxygens (including phenoxy) is 2. The van der Waals surface area contributed by atoms with Crippen LogP contribution in [0.15, 0.2) is 35.2 Å².